The van der Waals surface area contributed by atoms with E-state index in [1.807, 2.05) is 23.1 Å². The molecule has 7 heteroatoms. The summed E-state index contributed by atoms with van der Waals surface area (Å²) in [5, 5.41) is 0.576. The number of para-hydroxylation sites is 1. The molecule has 1 unspecified atom stereocenters. The highest BCUT2D eigenvalue weighted by molar-refractivity contribution is 7.99. The van der Waals surface area contributed by atoms with Crippen LogP contribution in [-0.4, -0.2) is 51.5 Å². The number of benzene rings is 1. The van der Waals surface area contributed by atoms with E-state index in [-0.39, 0.29) is 17.6 Å². The standard InChI is InChI=1S/C16H19N3O3S/c1-2-22-16(21)13-10-23-8-7-19(13)9-14-17-12-6-4-3-5-11(12)15(20)18-14/h3-6,13H,2,7-10H2,1H3,(H,17,18,20). The van der Waals surface area contributed by atoms with Crippen LogP contribution >= 0.6 is 11.8 Å². The first-order valence-corrected chi connectivity index (χ1v) is 8.81. The van der Waals surface area contributed by atoms with Gasteiger partial charge in [-0.15, -0.1) is 0 Å². The van der Waals surface area contributed by atoms with Gasteiger partial charge in [0.25, 0.3) is 5.56 Å². The van der Waals surface area contributed by atoms with Gasteiger partial charge in [-0.05, 0) is 19.1 Å². The Morgan fingerprint density at radius 3 is 3.13 bits per heavy atom. The Kier molecular flexibility index (Phi) is 4.97. The number of rotatable bonds is 4. The zero-order valence-corrected chi connectivity index (χ0v) is 13.8. The summed E-state index contributed by atoms with van der Waals surface area (Å²) < 4.78 is 5.16. The molecule has 0 saturated carbocycles. The lowest BCUT2D eigenvalue weighted by Crippen LogP contribution is -2.47. The first kappa shape index (κ1) is 16.0. The van der Waals surface area contributed by atoms with Crippen LogP contribution in [0.15, 0.2) is 29.1 Å². The van der Waals surface area contributed by atoms with Crippen LogP contribution in [0, 0.1) is 0 Å². The van der Waals surface area contributed by atoms with E-state index < -0.39 is 0 Å². The van der Waals surface area contributed by atoms with Gasteiger partial charge < -0.3 is 9.72 Å². The maximum absolute atomic E-state index is 12.1. The minimum atomic E-state index is -0.287. The lowest BCUT2D eigenvalue weighted by atomic mass is 10.2. The monoisotopic (exact) mass is 333 g/mol. The number of hydrogen-bond donors (Lipinski definition) is 1. The first-order chi connectivity index (χ1) is 11.2. The van der Waals surface area contributed by atoms with Gasteiger partial charge in [-0.3, -0.25) is 14.5 Å². The van der Waals surface area contributed by atoms with Crippen molar-refractivity contribution in [2.24, 2.45) is 0 Å². The van der Waals surface area contributed by atoms with Gasteiger partial charge in [-0.1, -0.05) is 12.1 Å². The zero-order chi connectivity index (χ0) is 16.2. The molecular formula is C16H19N3O3S. The number of ether oxygens (including phenoxy) is 1. The van der Waals surface area contributed by atoms with E-state index >= 15 is 0 Å². The van der Waals surface area contributed by atoms with Crippen LogP contribution in [0.3, 0.4) is 0 Å². The van der Waals surface area contributed by atoms with Crippen LogP contribution in [0.25, 0.3) is 10.9 Å². The smallest absolute Gasteiger partial charge is 0.324 e. The Labute approximate surface area is 138 Å². The van der Waals surface area contributed by atoms with Gasteiger partial charge in [0.1, 0.15) is 11.9 Å². The molecule has 1 aromatic carbocycles. The number of nitrogens with one attached hydrogen (secondary N) is 1. The summed E-state index contributed by atoms with van der Waals surface area (Å²) in [5.41, 5.74) is 0.523. The third kappa shape index (κ3) is 3.56. The fourth-order valence-corrected chi connectivity index (χ4v) is 3.79. The molecule has 1 saturated heterocycles. The topological polar surface area (TPSA) is 75.3 Å². The molecule has 0 bridgehead atoms. The van der Waals surface area contributed by atoms with Crippen LogP contribution in [-0.2, 0) is 16.1 Å². The van der Waals surface area contributed by atoms with Crippen molar-refractivity contribution in [3.63, 3.8) is 0 Å². The van der Waals surface area contributed by atoms with E-state index in [2.05, 4.69) is 9.97 Å². The Morgan fingerprint density at radius 1 is 1.48 bits per heavy atom. The molecule has 122 valence electrons. The quantitative estimate of drug-likeness (QED) is 0.853. The van der Waals surface area contributed by atoms with Crippen LogP contribution < -0.4 is 5.56 Å². The van der Waals surface area contributed by atoms with Gasteiger partial charge in [0.15, 0.2) is 0 Å². The van der Waals surface area contributed by atoms with Gasteiger partial charge in [0.05, 0.1) is 24.1 Å². The van der Waals surface area contributed by atoms with Gasteiger partial charge in [0.2, 0.25) is 0 Å². The van der Waals surface area contributed by atoms with Crippen molar-refractivity contribution in [2.45, 2.75) is 19.5 Å². The maximum Gasteiger partial charge on any atom is 0.324 e. The lowest BCUT2D eigenvalue weighted by molar-refractivity contribution is -0.149. The van der Waals surface area contributed by atoms with Crippen LogP contribution in [0.5, 0.6) is 0 Å². The second kappa shape index (κ2) is 7.14. The van der Waals surface area contributed by atoms with Gasteiger partial charge in [-0.2, -0.15) is 11.8 Å². The fourth-order valence-electron chi connectivity index (χ4n) is 2.68. The number of esters is 1. The van der Waals surface area contributed by atoms with E-state index in [1.165, 1.54) is 0 Å². The Bertz CT molecular complexity index is 762. The van der Waals surface area contributed by atoms with Crippen molar-refractivity contribution in [3.8, 4) is 0 Å². The second-order valence-electron chi connectivity index (χ2n) is 5.34. The molecule has 1 N–H and O–H groups in total. The molecule has 2 heterocycles. The largest absolute Gasteiger partial charge is 0.465 e. The average Bonchev–Trinajstić information content (AvgIpc) is 2.55. The Balaban J connectivity index is 1.84. The van der Waals surface area contributed by atoms with Gasteiger partial charge in [-0.25, -0.2) is 4.98 Å². The molecule has 0 spiro atoms. The SMILES string of the molecule is CCOC(=O)C1CSCCN1Cc1nc2ccccc2c(=O)[nH]1. The minimum absolute atomic E-state index is 0.148. The summed E-state index contributed by atoms with van der Waals surface area (Å²) in [4.78, 5) is 33.6. The Hall–Kier alpha value is -1.86. The molecule has 0 radical (unpaired) electrons. The van der Waals surface area contributed by atoms with E-state index in [0.29, 0.717) is 35.6 Å². The van der Waals surface area contributed by atoms with Crippen LogP contribution in [0.2, 0.25) is 0 Å². The van der Waals surface area contributed by atoms with E-state index in [4.69, 9.17) is 4.74 Å². The van der Waals surface area contributed by atoms with E-state index in [0.717, 1.165) is 12.3 Å². The zero-order valence-electron chi connectivity index (χ0n) is 12.9. The summed E-state index contributed by atoms with van der Waals surface area (Å²) in [5.74, 6) is 2.03. The molecular weight excluding hydrogens is 314 g/mol. The number of carbonyl (C=O) groups excluding carboxylic acids is 1. The summed E-state index contributed by atoms with van der Waals surface area (Å²) in [6.45, 7) is 3.38. The molecule has 1 atom stereocenters. The van der Waals surface area contributed by atoms with E-state index in [9.17, 15) is 9.59 Å². The third-order valence-electron chi connectivity index (χ3n) is 3.81. The highest BCUT2D eigenvalue weighted by Crippen LogP contribution is 2.19. The number of nitrogens with zero attached hydrogens (tertiary/aromatic N) is 2. The highest BCUT2D eigenvalue weighted by Gasteiger charge is 2.30. The number of fused-ring (bicyclic) bond motifs is 1. The Morgan fingerprint density at radius 2 is 2.30 bits per heavy atom. The molecule has 3 rings (SSSR count). The number of aromatic nitrogens is 2. The molecule has 1 aromatic heterocycles. The molecule has 2 aromatic rings. The van der Waals surface area contributed by atoms with Crippen molar-refractivity contribution in [2.75, 3.05) is 24.7 Å². The van der Waals surface area contributed by atoms with E-state index in [1.54, 1.807) is 24.8 Å². The maximum atomic E-state index is 12.1. The first-order valence-electron chi connectivity index (χ1n) is 7.65. The van der Waals surface area contributed by atoms with Crippen LogP contribution in [0.1, 0.15) is 12.7 Å². The lowest BCUT2D eigenvalue weighted by Gasteiger charge is -2.33. The predicted octanol–water partition coefficient (Wildman–Crippen LogP) is 1.40. The second-order valence-corrected chi connectivity index (χ2v) is 6.49. The number of thioether (sulfide) groups is 1. The summed E-state index contributed by atoms with van der Waals surface area (Å²) in [7, 11) is 0. The molecule has 6 nitrogen and oxygen atoms in total. The molecule has 0 amide bonds. The molecule has 23 heavy (non-hydrogen) atoms. The molecule has 1 aliphatic heterocycles. The number of hydrogen-bond acceptors (Lipinski definition) is 6. The predicted molar refractivity (Wildman–Crippen MR) is 90.5 cm³/mol. The highest BCUT2D eigenvalue weighted by atomic mass is 32.2. The van der Waals surface area contributed by atoms with Crippen molar-refractivity contribution >= 4 is 28.6 Å². The number of H-pyrrole nitrogens is 1. The summed E-state index contributed by atoms with van der Waals surface area (Å²) in [6.07, 6.45) is 0. The fraction of sp³-hybridized carbons (Fsp3) is 0.438. The van der Waals surface area contributed by atoms with Crippen LogP contribution in [0.4, 0.5) is 0 Å². The summed E-state index contributed by atoms with van der Waals surface area (Å²) >= 11 is 1.74. The minimum Gasteiger partial charge on any atom is -0.465 e. The molecule has 1 aliphatic rings. The number of carbonyl (C=O) groups is 1. The summed E-state index contributed by atoms with van der Waals surface area (Å²) in [6, 6.07) is 6.97. The average molecular weight is 333 g/mol. The molecule has 0 aliphatic carbocycles. The molecule has 1 fully saturated rings. The number of aromatic amines is 1. The third-order valence-corrected chi connectivity index (χ3v) is 4.84. The van der Waals surface area contributed by atoms with Crippen molar-refractivity contribution in [3.05, 3.63) is 40.4 Å². The van der Waals surface area contributed by atoms with Gasteiger partial charge in [0, 0.05) is 18.1 Å². The van der Waals surface area contributed by atoms with Crippen molar-refractivity contribution < 1.29 is 9.53 Å². The van der Waals surface area contributed by atoms with Crippen molar-refractivity contribution in [1.82, 2.24) is 14.9 Å². The van der Waals surface area contributed by atoms with Crippen molar-refractivity contribution in [1.29, 1.82) is 0 Å². The normalized spacial score (nSPS) is 18.9. The van der Waals surface area contributed by atoms with Gasteiger partial charge >= 0.3 is 5.97 Å².